The predicted molar refractivity (Wildman–Crippen MR) is 133 cm³/mol. The Morgan fingerprint density at radius 1 is 1.09 bits per heavy atom. The van der Waals surface area contributed by atoms with Crippen LogP contribution in [0, 0.1) is 10.1 Å². The van der Waals surface area contributed by atoms with E-state index in [1.165, 1.54) is 16.7 Å². The van der Waals surface area contributed by atoms with Crippen molar-refractivity contribution in [3.63, 3.8) is 0 Å². The first-order valence-corrected chi connectivity index (χ1v) is 13.6. The van der Waals surface area contributed by atoms with Crippen LogP contribution in [-0.2, 0) is 18.1 Å². The number of benzene rings is 1. The number of hydrogen-bond acceptors (Lipinski definition) is 6. The summed E-state index contributed by atoms with van der Waals surface area (Å²) >= 11 is 0. The number of aryl methyl sites for hydroxylation is 1. The molecule has 0 radical (unpaired) electrons. The van der Waals surface area contributed by atoms with Crippen LogP contribution in [0.4, 0.5) is 17.2 Å². The summed E-state index contributed by atoms with van der Waals surface area (Å²) in [4.78, 5) is 27.2. The number of anilines is 2. The monoisotopic (exact) mass is 466 g/mol. The minimum absolute atomic E-state index is 0.131. The quantitative estimate of drug-likeness (QED) is 0.276. The number of nitrogens with zero attached hydrogens (tertiary/aromatic N) is 3. The summed E-state index contributed by atoms with van der Waals surface area (Å²) in [6.45, 7) is 11.6. The third kappa shape index (κ3) is 5.74. The summed E-state index contributed by atoms with van der Waals surface area (Å²) < 4.78 is 7.70. The largest absolute Gasteiger partial charge is 0.413 e. The molecule has 33 heavy (non-hydrogen) atoms. The number of hydrogen-bond donors (Lipinski definition) is 1. The lowest BCUT2D eigenvalue weighted by molar-refractivity contribution is -0.384. The van der Waals surface area contributed by atoms with Gasteiger partial charge in [-0.1, -0.05) is 32.9 Å². The molecule has 2 aromatic heterocycles. The first-order chi connectivity index (χ1) is 15.4. The zero-order valence-corrected chi connectivity index (χ0v) is 20.9. The van der Waals surface area contributed by atoms with Crippen molar-refractivity contribution in [2.75, 3.05) is 5.32 Å². The molecule has 1 aromatic carbocycles. The van der Waals surface area contributed by atoms with E-state index in [1.54, 1.807) is 25.4 Å². The van der Waals surface area contributed by atoms with Gasteiger partial charge in [0.1, 0.15) is 0 Å². The van der Waals surface area contributed by atoms with E-state index < -0.39 is 13.2 Å². The Morgan fingerprint density at radius 2 is 1.76 bits per heavy atom. The molecule has 0 atom stereocenters. The molecule has 0 saturated heterocycles. The maximum atomic E-state index is 11.7. The van der Waals surface area contributed by atoms with Crippen LogP contribution >= 0.6 is 0 Å². The second-order valence-electron chi connectivity index (χ2n) is 9.56. The van der Waals surface area contributed by atoms with Crippen LogP contribution in [0.3, 0.4) is 0 Å². The highest BCUT2D eigenvalue weighted by molar-refractivity contribution is 6.74. The van der Waals surface area contributed by atoms with Gasteiger partial charge in [-0.15, -0.1) is 0 Å². The summed E-state index contributed by atoms with van der Waals surface area (Å²) in [5.74, 6) is 0.136. The molecule has 1 N–H and O–H groups in total. The highest BCUT2D eigenvalue weighted by atomic mass is 28.4. The van der Waals surface area contributed by atoms with E-state index in [0.717, 1.165) is 5.56 Å². The van der Waals surface area contributed by atoms with Gasteiger partial charge in [0.25, 0.3) is 0 Å². The number of rotatable bonds is 7. The Morgan fingerprint density at radius 3 is 2.33 bits per heavy atom. The Balaban J connectivity index is 1.82. The van der Waals surface area contributed by atoms with E-state index in [1.807, 2.05) is 24.3 Å². The van der Waals surface area contributed by atoms with Crippen molar-refractivity contribution in [3.05, 3.63) is 80.8 Å². The molecule has 0 unspecified atom stereocenters. The molecule has 2 heterocycles. The van der Waals surface area contributed by atoms with Gasteiger partial charge in [-0.05, 0) is 48.0 Å². The van der Waals surface area contributed by atoms with Crippen molar-refractivity contribution in [3.8, 4) is 11.3 Å². The number of nitro groups is 1. The van der Waals surface area contributed by atoms with Crippen LogP contribution in [0.5, 0.6) is 0 Å². The molecule has 174 valence electrons. The van der Waals surface area contributed by atoms with Crippen LogP contribution < -0.4 is 10.9 Å². The first kappa shape index (κ1) is 24.3. The minimum Gasteiger partial charge on any atom is -0.413 e. The lowest BCUT2D eigenvalue weighted by Gasteiger charge is -2.36. The molecule has 0 aliphatic heterocycles. The molecule has 3 rings (SSSR count). The van der Waals surface area contributed by atoms with E-state index in [4.69, 9.17) is 4.43 Å². The van der Waals surface area contributed by atoms with Gasteiger partial charge in [-0.2, -0.15) is 0 Å². The highest BCUT2D eigenvalue weighted by Crippen LogP contribution is 2.37. The summed E-state index contributed by atoms with van der Waals surface area (Å²) in [7, 11) is -0.205. The molecule has 8 nitrogen and oxygen atoms in total. The van der Waals surface area contributed by atoms with Gasteiger partial charge in [0.05, 0.1) is 17.2 Å². The molecular weight excluding hydrogens is 436 g/mol. The lowest BCUT2D eigenvalue weighted by Crippen LogP contribution is -2.40. The first-order valence-electron chi connectivity index (χ1n) is 10.7. The van der Waals surface area contributed by atoms with Gasteiger partial charge in [0.2, 0.25) is 11.4 Å². The molecule has 9 heteroatoms. The zero-order chi connectivity index (χ0) is 24.4. The van der Waals surface area contributed by atoms with Crippen LogP contribution in [0.15, 0.2) is 59.5 Å². The van der Waals surface area contributed by atoms with Gasteiger partial charge in [-0.25, -0.2) is 4.98 Å². The second kappa shape index (κ2) is 9.28. The van der Waals surface area contributed by atoms with Gasteiger partial charge in [0.15, 0.2) is 8.32 Å². The Hall–Kier alpha value is -3.30. The van der Waals surface area contributed by atoms with Crippen LogP contribution in [0.25, 0.3) is 11.3 Å². The highest BCUT2D eigenvalue weighted by Gasteiger charge is 2.37. The maximum Gasteiger partial charge on any atom is 0.311 e. The van der Waals surface area contributed by atoms with Gasteiger partial charge in [0, 0.05) is 36.6 Å². The zero-order valence-electron chi connectivity index (χ0n) is 19.9. The van der Waals surface area contributed by atoms with Crippen molar-refractivity contribution in [2.24, 2.45) is 7.05 Å². The average Bonchev–Trinajstić information content (AvgIpc) is 2.74. The normalized spacial score (nSPS) is 11.9. The van der Waals surface area contributed by atoms with E-state index in [-0.39, 0.29) is 22.1 Å². The predicted octanol–water partition coefficient (Wildman–Crippen LogP) is 5.62. The van der Waals surface area contributed by atoms with E-state index in [0.29, 0.717) is 23.6 Å². The number of nitrogens with one attached hydrogen (secondary N) is 1. The number of pyridine rings is 2. The molecule has 0 aliphatic carbocycles. The van der Waals surface area contributed by atoms with Gasteiger partial charge < -0.3 is 14.3 Å². The molecule has 0 bridgehead atoms. The fourth-order valence-electron chi connectivity index (χ4n) is 2.90. The average molecular weight is 467 g/mol. The molecule has 0 fully saturated rings. The number of aromatic nitrogens is 2. The van der Waals surface area contributed by atoms with Gasteiger partial charge >= 0.3 is 5.69 Å². The van der Waals surface area contributed by atoms with Crippen molar-refractivity contribution in [1.29, 1.82) is 0 Å². The van der Waals surface area contributed by atoms with Crippen LogP contribution in [-0.4, -0.2) is 22.8 Å². The van der Waals surface area contributed by atoms with E-state index >= 15 is 0 Å². The van der Waals surface area contributed by atoms with E-state index in [9.17, 15) is 14.9 Å². The summed E-state index contributed by atoms with van der Waals surface area (Å²) in [5.41, 5.74) is 2.66. The van der Waals surface area contributed by atoms with Crippen LogP contribution in [0.2, 0.25) is 18.1 Å². The Bertz CT molecular complexity index is 1210. The molecule has 0 saturated carbocycles. The standard InChI is InChI=1S/C24H30N4O4Si/c1-24(2,3)33(5,6)32-16-17-7-10-19(11-8-17)25-23-21(28(30)31)13-12-20(26-23)18-9-14-22(29)27(4)15-18/h7-15H,16H2,1-6H3,(H,25,26). The maximum absolute atomic E-state index is 11.7. The molecule has 0 aliphatic rings. The summed E-state index contributed by atoms with van der Waals surface area (Å²) in [5, 5.41) is 14.7. The SMILES string of the molecule is Cn1cc(-c2ccc([N+](=O)[O-])c(Nc3ccc(CO[Si](C)(C)C(C)(C)C)cc3)n2)ccc1=O. The van der Waals surface area contributed by atoms with Crippen molar-refractivity contribution in [1.82, 2.24) is 9.55 Å². The van der Waals surface area contributed by atoms with Crippen molar-refractivity contribution >= 4 is 25.5 Å². The molecule has 0 amide bonds. The smallest absolute Gasteiger partial charge is 0.311 e. The molecular formula is C24H30N4O4Si. The third-order valence-electron chi connectivity index (χ3n) is 6.07. The second-order valence-corrected chi connectivity index (χ2v) is 14.4. The minimum atomic E-state index is -1.85. The summed E-state index contributed by atoms with van der Waals surface area (Å²) in [6, 6.07) is 13.7. The Kier molecular flexibility index (Phi) is 6.85. The fraction of sp³-hybridized carbons (Fsp3) is 0.333. The van der Waals surface area contributed by atoms with Crippen molar-refractivity contribution in [2.45, 2.75) is 45.5 Å². The Labute approximate surface area is 194 Å². The lowest BCUT2D eigenvalue weighted by atomic mass is 10.1. The fourth-order valence-corrected chi connectivity index (χ4v) is 3.86. The van der Waals surface area contributed by atoms with E-state index in [2.05, 4.69) is 44.2 Å². The molecule has 3 aromatic rings. The van der Waals surface area contributed by atoms with Crippen molar-refractivity contribution < 1.29 is 9.35 Å². The van der Waals surface area contributed by atoms with Crippen LogP contribution in [0.1, 0.15) is 26.3 Å². The van der Waals surface area contributed by atoms with Gasteiger partial charge in [-0.3, -0.25) is 14.9 Å². The topological polar surface area (TPSA) is 99.3 Å². The third-order valence-corrected chi connectivity index (χ3v) is 10.6. The molecule has 0 spiro atoms. The summed E-state index contributed by atoms with van der Waals surface area (Å²) in [6.07, 6.45) is 1.65.